The van der Waals surface area contributed by atoms with Gasteiger partial charge in [0.25, 0.3) is 0 Å². The highest BCUT2D eigenvalue weighted by molar-refractivity contribution is 6.04. The van der Waals surface area contributed by atoms with E-state index >= 15 is 0 Å². The van der Waals surface area contributed by atoms with Crippen LogP contribution < -0.4 is 9.47 Å². The molecule has 4 aromatic rings. The Morgan fingerprint density at radius 1 is 0.724 bits per heavy atom. The highest BCUT2D eigenvalue weighted by atomic mass is 19.4. The van der Waals surface area contributed by atoms with Crippen LogP contribution in [0.2, 0.25) is 0 Å². The van der Waals surface area contributed by atoms with Crippen LogP contribution in [-0.2, 0) is 6.18 Å². The van der Waals surface area contributed by atoms with Crippen molar-refractivity contribution >= 4 is 10.9 Å². The summed E-state index contributed by atoms with van der Waals surface area (Å²) < 4.78 is 50.0. The summed E-state index contributed by atoms with van der Waals surface area (Å²) in [5.74, 6) is 1.41. The number of ether oxygens (including phenoxy) is 2. The van der Waals surface area contributed by atoms with Crippen LogP contribution in [-0.4, -0.2) is 19.2 Å². The Hall–Kier alpha value is -3.41. The van der Waals surface area contributed by atoms with Gasteiger partial charge in [0.15, 0.2) is 0 Å². The lowest BCUT2D eigenvalue weighted by molar-refractivity contribution is -0.137. The maximum Gasteiger partial charge on any atom is 0.416 e. The first-order valence-corrected chi connectivity index (χ1v) is 8.92. The zero-order valence-corrected chi connectivity index (χ0v) is 15.8. The van der Waals surface area contributed by atoms with E-state index in [1.807, 2.05) is 48.5 Å². The molecule has 29 heavy (non-hydrogen) atoms. The van der Waals surface area contributed by atoms with E-state index < -0.39 is 11.7 Å². The Labute approximate surface area is 165 Å². The van der Waals surface area contributed by atoms with Gasteiger partial charge in [-0.15, -0.1) is 0 Å². The number of H-pyrrole nitrogens is 1. The number of alkyl halides is 3. The average molecular weight is 397 g/mol. The highest BCUT2D eigenvalue weighted by Crippen LogP contribution is 2.41. The molecule has 0 bridgehead atoms. The summed E-state index contributed by atoms with van der Waals surface area (Å²) in [6.07, 6.45) is -4.40. The summed E-state index contributed by atoms with van der Waals surface area (Å²) in [7, 11) is 3.17. The van der Waals surface area contributed by atoms with E-state index in [2.05, 4.69) is 4.98 Å². The van der Waals surface area contributed by atoms with Crippen molar-refractivity contribution in [1.82, 2.24) is 4.98 Å². The highest BCUT2D eigenvalue weighted by Gasteiger charge is 2.31. The van der Waals surface area contributed by atoms with Gasteiger partial charge in [-0.2, -0.15) is 13.2 Å². The molecule has 0 amide bonds. The Morgan fingerprint density at radius 2 is 1.28 bits per heavy atom. The van der Waals surface area contributed by atoms with E-state index in [9.17, 15) is 13.2 Å². The molecule has 148 valence electrons. The maximum absolute atomic E-state index is 13.2. The first-order chi connectivity index (χ1) is 13.9. The number of rotatable bonds is 4. The Kier molecular flexibility index (Phi) is 4.70. The number of aromatic nitrogens is 1. The van der Waals surface area contributed by atoms with Crippen LogP contribution in [0.5, 0.6) is 11.5 Å². The zero-order chi connectivity index (χ0) is 20.6. The Balaban J connectivity index is 1.95. The molecule has 0 spiro atoms. The lowest BCUT2D eigenvalue weighted by Gasteiger charge is -2.08. The van der Waals surface area contributed by atoms with E-state index in [1.54, 1.807) is 14.2 Å². The van der Waals surface area contributed by atoms with E-state index in [-0.39, 0.29) is 0 Å². The van der Waals surface area contributed by atoms with Crippen LogP contribution in [0.25, 0.3) is 33.3 Å². The molecule has 1 N–H and O–H groups in total. The normalized spacial score (nSPS) is 11.6. The standard InChI is InChI=1S/C23H18F3NO2/c1-28-17-8-3-14(4-9-17)21-19-12-7-16(23(24,25)26)13-20(19)27-22(21)15-5-10-18(29-2)11-6-15/h3-13,27H,1-2H3. The van der Waals surface area contributed by atoms with Gasteiger partial charge in [-0.25, -0.2) is 0 Å². The van der Waals surface area contributed by atoms with E-state index in [0.29, 0.717) is 22.4 Å². The van der Waals surface area contributed by atoms with Gasteiger partial charge < -0.3 is 14.5 Å². The molecule has 1 heterocycles. The summed E-state index contributed by atoms with van der Waals surface area (Å²) in [4.78, 5) is 3.19. The molecule has 0 radical (unpaired) electrons. The van der Waals surface area contributed by atoms with Crippen LogP contribution in [0, 0.1) is 0 Å². The Morgan fingerprint density at radius 3 is 1.79 bits per heavy atom. The zero-order valence-electron chi connectivity index (χ0n) is 15.8. The fraction of sp³-hybridized carbons (Fsp3) is 0.130. The smallest absolute Gasteiger partial charge is 0.416 e. The number of hydrogen-bond acceptors (Lipinski definition) is 2. The molecule has 0 fully saturated rings. The number of hydrogen-bond donors (Lipinski definition) is 1. The van der Waals surface area contributed by atoms with Gasteiger partial charge in [-0.1, -0.05) is 18.2 Å². The predicted molar refractivity (Wildman–Crippen MR) is 107 cm³/mol. The minimum absolute atomic E-state index is 0.427. The topological polar surface area (TPSA) is 34.2 Å². The van der Waals surface area contributed by atoms with E-state index in [1.165, 1.54) is 6.07 Å². The van der Waals surface area contributed by atoms with Crippen LogP contribution in [0.3, 0.4) is 0 Å². The molecule has 0 aliphatic heterocycles. The van der Waals surface area contributed by atoms with Crippen molar-refractivity contribution in [1.29, 1.82) is 0 Å². The maximum atomic E-state index is 13.2. The van der Waals surface area contributed by atoms with E-state index in [0.717, 1.165) is 34.5 Å². The first-order valence-electron chi connectivity index (χ1n) is 8.92. The molecule has 0 atom stereocenters. The van der Waals surface area contributed by atoms with Crippen molar-refractivity contribution in [3.05, 3.63) is 72.3 Å². The molecular weight excluding hydrogens is 379 g/mol. The number of fused-ring (bicyclic) bond motifs is 1. The molecule has 6 heteroatoms. The molecule has 0 saturated carbocycles. The van der Waals surface area contributed by atoms with Gasteiger partial charge in [-0.05, 0) is 59.7 Å². The lowest BCUT2D eigenvalue weighted by atomic mass is 9.97. The third-order valence-electron chi connectivity index (χ3n) is 4.88. The fourth-order valence-electron chi connectivity index (χ4n) is 3.41. The van der Waals surface area contributed by atoms with Gasteiger partial charge in [-0.3, -0.25) is 0 Å². The molecule has 0 unspecified atom stereocenters. The van der Waals surface area contributed by atoms with Crippen molar-refractivity contribution in [2.24, 2.45) is 0 Å². The predicted octanol–water partition coefficient (Wildman–Crippen LogP) is 6.54. The monoisotopic (exact) mass is 397 g/mol. The Bertz CT molecular complexity index is 1140. The van der Waals surface area contributed by atoms with Crippen molar-refractivity contribution < 1.29 is 22.6 Å². The van der Waals surface area contributed by atoms with Crippen molar-refractivity contribution in [3.8, 4) is 33.9 Å². The summed E-state index contributed by atoms with van der Waals surface area (Å²) in [5.41, 5.74) is 3.04. The number of methoxy groups -OCH3 is 2. The molecule has 0 aliphatic carbocycles. The number of benzene rings is 3. The largest absolute Gasteiger partial charge is 0.497 e. The molecule has 0 saturated heterocycles. The van der Waals surface area contributed by atoms with Crippen molar-refractivity contribution in [3.63, 3.8) is 0 Å². The van der Waals surface area contributed by atoms with Gasteiger partial charge in [0.2, 0.25) is 0 Å². The SMILES string of the molecule is COc1ccc(-c2[nH]c3cc(C(F)(F)F)ccc3c2-c2ccc(OC)cc2)cc1. The van der Waals surface area contributed by atoms with Crippen molar-refractivity contribution in [2.75, 3.05) is 14.2 Å². The van der Waals surface area contributed by atoms with E-state index in [4.69, 9.17) is 9.47 Å². The van der Waals surface area contributed by atoms with Crippen LogP contribution in [0.15, 0.2) is 66.7 Å². The third-order valence-corrected chi connectivity index (χ3v) is 4.88. The van der Waals surface area contributed by atoms with Crippen molar-refractivity contribution in [2.45, 2.75) is 6.18 Å². The van der Waals surface area contributed by atoms with Gasteiger partial charge >= 0.3 is 6.18 Å². The molecule has 3 nitrogen and oxygen atoms in total. The molecule has 4 rings (SSSR count). The third kappa shape index (κ3) is 3.53. The second-order valence-electron chi connectivity index (χ2n) is 6.59. The van der Waals surface area contributed by atoms with Gasteiger partial charge in [0.05, 0.1) is 25.5 Å². The average Bonchev–Trinajstić information content (AvgIpc) is 3.12. The molecule has 3 aromatic carbocycles. The lowest BCUT2D eigenvalue weighted by Crippen LogP contribution is -2.04. The number of halogens is 3. The quantitative estimate of drug-likeness (QED) is 0.424. The van der Waals surface area contributed by atoms with Crippen LogP contribution in [0.1, 0.15) is 5.56 Å². The minimum atomic E-state index is -4.40. The second kappa shape index (κ2) is 7.20. The summed E-state index contributed by atoms with van der Waals surface area (Å²) in [6, 6.07) is 18.6. The summed E-state index contributed by atoms with van der Waals surface area (Å²) in [6.45, 7) is 0. The molecule has 1 aromatic heterocycles. The molecular formula is C23H18F3NO2. The molecule has 0 aliphatic rings. The van der Waals surface area contributed by atoms with Crippen LogP contribution in [0.4, 0.5) is 13.2 Å². The summed E-state index contributed by atoms with van der Waals surface area (Å²) in [5, 5.41) is 0.717. The van der Waals surface area contributed by atoms with Gasteiger partial charge in [0.1, 0.15) is 11.5 Å². The first kappa shape index (κ1) is 18.9. The second-order valence-corrected chi connectivity index (χ2v) is 6.59. The summed E-state index contributed by atoms with van der Waals surface area (Å²) >= 11 is 0. The van der Waals surface area contributed by atoms with Crippen LogP contribution >= 0.6 is 0 Å². The van der Waals surface area contributed by atoms with Gasteiger partial charge in [0, 0.05) is 16.5 Å². The minimum Gasteiger partial charge on any atom is -0.497 e. The number of nitrogens with one attached hydrogen (secondary N) is 1. The number of aromatic amines is 1. The fourth-order valence-corrected chi connectivity index (χ4v) is 3.41.